The van der Waals surface area contributed by atoms with Gasteiger partial charge in [-0.15, -0.1) is 10.2 Å². The van der Waals surface area contributed by atoms with Crippen LogP contribution in [-0.4, -0.2) is 20.7 Å². The molecule has 1 aromatic heterocycles. The number of aromatic nitrogens is 3. The van der Waals surface area contributed by atoms with Crippen molar-refractivity contribution in [2.45, 2.75) is 37.3 Å². The lowest BCUT2D eigenvalue weighted by Crippen LogP contribution is -2.29. The highest BCUT2D eigenvalue weighted by atomic mass is 35.5. The fraction of sp³-hybridized carbons (Fsp3) is 0.250. The highest BCUT2D eigenvalue weighted by Gasteiger charge is 2.20. The Morgan fingerprint density at radius 3 is 2.59 bits per heavy atom. The van der Waals surface area contributed by atoms with Crippen molar-refractivity contribution in [2.24, 2.45) is 0 Å². The van der Waals surface area contributed by atoms with E-state index >= 15 is 0 Å². The maximum absolute atomic E-state index is 12.5. The second-order valence-corrected chi connectivity index (χ2v) is 8.48. The van der Waals surface area contributed by atoms with Gasteiger partial charge in [0.15, 0.2) is 11.0 Å². The van der Waals surface area contributed by atoms with Gasteiger partial charge in [-0.05, 0) is 43.7 Å². The summed E-state index contributed by atoms with van der Waals surface area (Å²) in [4.78, 5) is 12.5. The molecule has 0 spiro atoms. The molecule has 9 heteroatoms. The van der Waals surface area contributed by atoms with E-state index in [1.807, 2.05) is 30.5 Å². The Kier molecular flexibility index (Phi) is 7.46. The highest BCUT2D eigenvalue weighted by Crippen LogP contribution is 2.29. The number of hydrogen-bond acceptors (Lipinski definition) is 4. The molecule has 0 aliphatic heterocycles. The number of amides is 1. The second-order valence-electron chi connectivity index (χ2n) is 6.28. The fourth-order valence-electron chi connectivity index (χ4n) is 2.79. The lowest BCUT2D eigenvalue weighted by Gasteiger charge is -2.15. The van der Waals surface area contributed by atoms with Crippen LogP contribution in [0.1, 0.15) is 41.6 Å². The maximum Gasteiger partial charge on any atom is 0.253 e. The first-order chi connectivity index (χ1) is 13.9. The van der Waals surface area contributed by atoms with Crippen LogP contribution in [0, 0.1) is 0 Å². The summed E-state index contributed by atoms with van der Waals surface area (Å²) in [5.74, 6) is 1.06. The molecule has 1 heterocycles. The van der Waals surface area contributed by atoms with Crippen molar-refractivity contribution in [1.29, 1.82) is 0 Å². The first kappa shape index (κ1) is 22.0. The SMILES string of the molecule is CCn1c(SCc2ccc(Cl)cc2Cl)nnc1C(C)NC(=O)c1ccccc1Cl. The van der Waals surface area contributed by atoms with Crippen LogP contribution >= 0.6 is 46.6 Å². The van der Waals surface area contributed by atoms with Gasteiger partial charge in [-0.25, -0.2) is 0 Å². The summed E-state index contributed by atoms with van der Waals surface area (Å²) in [7, 11) is 0. The van der Waals surface area contributed by atoms with Crippen molar-refractivity contribution in [3.63, 3.8) is 0 Å². The van der Waals surface area contributed by atoms with Gasteiger partial charge in [-0.3, -0.25) is 4.79 Å². The summed E-state index contributed by atoms with van der Waals surface area (Å²) < 4.78 is 1.98. The first-order valence-corrected chi connectivity index (χ1v) is 11.1. The van der Waals surface area contributed by atoms with E-state index in [9.17, 15) is 4.79 Å². The fourth-order valence-corrected chi connectivity index (χ4v) is 4.58. The number of hydrogen-bond donors (Lipinski definition) is 1. The van der Waals surface area contributed by atoms with Crippen LogP contribution in [0.2, 0.25) is 15.1 Å². The Bertz CT molecular complexity index is 1020. The van der Waals surface area contributed by atoms with E-state index in [4.69, 9.17) is 34.8 Å². The van der Waals surface area contributed by atoms with Crippen molar-refractivity contribution in [1.82, 2.24) is 20.1 Å². The Hall–Kier alpha value is -1.73. The lowest BCUT2D eigenvalue weighted by atomic mass is 10.2. The number of nitrogens with one attached hydrogen (secondary N) is 1. The normalized spacial score (nSPS) is 12.0. The Balaban J connectivity index is 1.73. The average molecular weight is 470 g/mol. The minimum Gasteiger partial charge on any atom is -0.342 e. The number of carbonyl (C=O) groups excluding carboxylic acids is 1. The zero-order chi connectivity index (χ0) is 21.0. The lowest BCUT2D eigenvalue weighted by molar-refractivity contribution is 0.0937. The minimum atomic E-state index is -0.334. The van der Waals surface area contributed by atoms with Gasteiger partial charge in [0.05, 0.1) is 16.6 Å². The van der Waals surface area contributed by atoms with Crippen molar-refractivity contribution in [2.75, 3.05) is 0 Å². The van der Waals surface area contributed by atoms with Gasteiger partial charge in [0.2, 0.25) is 0 Å². The van der Waals surface area contributed by atoms with Crippen LogP contribution in [0.4, 0.5) is 0 Å². The molecule has 1 N–H and O–H groups in total. The molecule has 3 rings (SSSR count). The molecule has 1 unspecified atom stereocenters. The van der Waals surface area contributed by atoms with Gasteiger partial charge in [-0.2, -0.15) is 0 Å². The third-order valence-corrected chi connectivity index (χ3v) is 6.22. The van der Waals surface area contributed by atoms with Crippen LogP contribution in [0.3, 0.4) is 0 Å². The number of halogens is 3. The van der Waals surface area contributed by atoms with E-state index in [1.165, 1.54) is 11.8 Å². The second kappa shape index (κ2) is 9.85. The summed E-state index contributed by atoms with van der Waals surface area (Å²) in [5.41, 5.74) is 1.39. The zero-order valence-corrected chi connectivity index (χ0v) is 18.9. The van der Waals surface area contributed by atoms with Crippen molar-refractivity contribution < 1.29 is 4.79 Å². The molecule has 0 saturated carbocycles. The number of thioether (sulfide) groups is 1. The van der Waals surface area contributed by atoms with Crippen LogP contribution < -0.4 is 5.32 Å². The molecule has 0 bridgehead atoms. The first-order valence-electron chi connectivity index (χ1n) is 8.96. The molecular weight excluding hydrogens is 451 g/mol. The summed E-state index contributed by atoms with van der Waals surface area (Å²) in [6.07, 6.45) is 0. The summed E-state index contributed by atoms with van der Waals surface area (Å²) in [6, 6.07) is 12.0. The number of nitrogens with zero attached hydrogens (tertiary/aromatic N) is 3. The van der Waals surface area contributed by atoms with Gasteiger partial charge in [0, 0.05) is 22.3 Å². The summed E-state index contributed by atoms with van der Waals surface area (Å²) in [6.45, 7) is 4.55. The summed E-state index contributed by atoms with van der Waals surface area (Å²) in [5, 5.41) is 13.9. The monoisotopic (exact) mass is 468 g/mol. The third-order valence-electron chi connectivity index (χ3n) is 4.29. The van der Waals surface area contributed by atoms with E-state index in [-0.39, 0.29) is 11.9 Å². The minimum absolute atomic E-state index is 0.254. The maximum atomic E-state index is 12.5. The highest BCUT2D eigenvalue weighted by molar-refractivity contribution is 7.98. The van der Waals surface area contributed by atoms with Gasteiger partial charge in [0.25, 0.3) is 5.91 Å². The summed E-state index contributed by atoms with van der Waals surface area (Å²) >= 11 is 19.9. The molecule has 152 valence electrons. The zero-order valence-electron chi connectivity index (χ0n) is 15.8. The topological polar surface area (TPSA) is 59.8 Å². The molecule has 0 aliphatic rings. The molecule has 5 nitrogen and oxygen atoms in total. The molecule has 0 aliphatic carbocycles. The largest absolute Gasteiger partial charge is 0.342 e. The van der Waals surface area contributed by atoms with E-state index in [1.54, 1.807) is 30.3 Å². The van der Waals surface area contributed by atoms with E-state index < -0.39 is 0 Å². The number of benzene rings is 2. The predicted molar refractivity (Wildman–Crippen MR) is 119 cm³/mol. The van der Waals surface area contributed by atoms with Crippen molar-refractivity contribution >= 4 is 52.5 Å². The van der Waals surface area contributed by atoms with Gasteiger partial charge >= 0.3 is 0 Å². The van der Waals surface area contributed by atoms with E-state index in [0.717, 1.165) is 10.7 Å². The molecule has 2 aromatic carbocycles. The van der Waals surface area contributed by atoms with Gasteiger partial charge < -0.3 is 9.88 Å². The molecule has 0 fully saturated rings. The number of rotatable bonds is 7. The predicted octanol–water partition coefficient (Wildman–Crippen LogP) is 6.04. The number of carbonyl (C=O) groups is 1. The standard InChI is InChI=1S/C20H19Cl3N4OS/c1-3-27-18(12(2)24-19(28)15-6-4-5-7-16(15)22)25-26-20(27)29-11-13-8-9-14(21)10-17(13)23/h4-10,12H,3,11H2,1-2H3,(H,24,28). The molecule has 1 amide bonds. The Morgan fingerprint density at radius 1 is 1.14 bits per heavy atom. The average Bonchev–Trinajstić information content (AvgIpc) is 3.10. The molecular formula is C20H19Cl3N4OS. The quantitative estimate of drug-likeness (QED) is 0.428. The van der Waals surface area contributed by atoms with E-state index in [0.29, 0.717) is 38.8 Å². The van der Waals surface area contributed by atoms with Gasteiger partial charge in [0.1, 0.15) is 0 Å². The smallest absolute Gasteiger partial charge is 0.253 e. The molecule has 0 saturated heterocycles. The van der Waals surface area contributed by atoms with Crippen molar-refractivity contribution in [3.8, 4) is 0 Å². The molecule has 1 atom stereocenters. The van der Waals surface area contributed by atoms with Crippen LogP contribution in [0.15, 0.2) is 47.6 Å². The van der Waals surface area contributed by atoms with E-state index in [2.05, 4.69) is 15.5 Å². The Labute approximate surface area is 188 Å². The molecule has 0 radical (unpaired) electrons. The van der Waals surface area contributed by atoms with Crippen molar-refractivity contribution in [3.05, 3.63) is 74.5 Å². The van der Waals surface area contributed by atoms with Crippen LogP contribution in [0.5, 0.6) is 0 Å². The van der Waals surface area contributed by atoms with Crippen LogP contribution in [-0.2, 0) is 12.3 Å². The third kappa shape index (κ3) is 5.25. The van der Waals surface area contributed by atoms with Crippen LogP contribution in [0.25, 0.3) is 0 Å². The van der Waals surface area contributed by atoms with Gasteiger partial charge in [-0.1, -0.05) is 64.8 Å². The molecule has 29 heavy (non-hydrogen) atoms. The molecule has 3 aromatic rings. The Morgan fingerprint density at radius 2 is 1.90 bits per heavy atom.